The van der Waals surface area contributed by atoms with Gasteiger partial charge in [0.05, 0.1) is 5.60 Å². The van der Waals surface area contributed by atoms with Crippen LogP contribution in [-0.4, -0.2) is 5.60 Å². The highest BCUT2D eigenvalue weighted by molar-refractivity contribution is 4.61. The van der Waals surface area contributed by atoms with Crippen LogP contribution in [-0.2, 0) is 5.11 Å². The fourth-order valence-electron chi connectivity index (χ4n) is 0.602. The lowest BCUT2D eigenvalue weighted by molar-refractivity contribution is -0.00357. The molecule has 7 heavy (non-hydrogen) atoms. The minimum Gasteiger partial charge on any atom is -0.230 e. The maximum atomic E-state index is 10.7. The number of rotatable bonds is 2. The van der Waals surface area contributed by atoms with Gasteiger partial charge in [0.2, 0.25) is 0 Å². The van der Waals surface area contributed by atoms with Gasteiger partial charge in [-0.1, -0.05) is 13.3 Å². The topological polar surface area (TPSA) is 19.9 Å². The molecule has 0 aromatic carbocycles. The lowest BCUT2D eigenvalue weighted by Crippen LogP contribution is -2.14. The van der Waals surface area contributed by atoms with E-state index in [0.29, 0.717) is 0 Å². The molecule has 0 amide bonds. The first-order valence-corrected chi connectivity index (χ1v) is 2.76. The highest BCUT2D eigenvalue weighted by Gasteiger charge is 2.11. The molecule has 0 saturated carbocycles. The van der Waals surface area contributed by atoms with Gasteiger partial charge in [0.15, 0.2) is 0 Å². The van der Waals surface area contributed by atoms with Crippen LogP contribution in [0.4, 0.5) is 0 Å². The zero-order valence-corrected chi connectivity index (χ0v) is 5.32. The van der Waals surface area contributed by atoms with Gasteiger partial charge in [-0.2, -0.15) is 0 Å². The Hall–Kier alpha value is -0.0400. The predicted octanol–water partition coefficient (Wildman–Crippen LogP) is 2.00. The molecule has 1 heteroatoms. The molecule has 0 N–H and O–H groups in total. The van der Waals surface area contributed by atoms with Crippen molar-refractivity contribution in [1.29, 1.82) is 0 Å². The van der Waals surface area contributed by atoms with E-state index in [1.54, 1.807) is 13.8 Å². The molecule has 0 spiro atoms. The van der Waals surface area contributed by atoms with Gasteiger partial charge in [0, 0.05) is 0 Å². The molecule has 0 aromatic heterocycles. The van der Waals surface area contributed by atoms with E-state index in [2.05, 4.69) is 0 Å². The van der Waals surface area contributed by atoms with Crippen LogP contribution in [0.15, 0.2) is 0 Å². The molecule has 0 aliphatic rings. The van der Waals surface area contributed by atoms with E-state index < -0.39 is 5.60 Å². The molecule has 0 aliphatic carbocycles. The average molecular weight is 101 g/mol. The fourth-order valence-corrected chi connectivity index (χ4v) is 0.602. The van der Waals surface area contributed by atoms with E-state index in [-0.39, 0.29) is 0 Å². The van der Waals surface area contributed by atoms with Crippen LogP contribution < -0.4 is 0 Å². The van der Waals surface area contributed by atoms with Gasteiger partial charge in [0.25, 0.3) is 0 Å². The van der Waals surface area contributed by atoms with Gasteiger partial charge in [-0.25, -0.2) is 5.11 Å². The van der Waals surface area contributed by atoms with Gasteiger partial charge < -0.3 is 0 Å². The van der Waals surface area contributed by atoms with Crippen molar-refractivity contribution in [3.63, 3.8) is 0 Å². The summed E-state index contributed by atoms with van der Waals surface area (Å²) >= 11 is 0. The first-order valence-electron chi connectivity index (χ1n) is 2.76. The molecular weight excluding hydrogens is 88.1 g/mol. The van der Waals surface area contributed by atoms with Crippen molar-refractivity contribution in [2.24, 2.45) is 0 Å². The summed E-state index contributed by atoms with van der Waals surface area (Å²) in [4.78, 5) is 0. The summed E-state index contributed by atoms with van der Waals surface area (Å²) in [6.07, 6.45) is 1.78. The third-order valence-electron chi connectivity index (χ3n) is 0.852. The van der Waals surface area contributed by atoms with E-state index >= 15 is 0 Å². The Kier molecular flexibility index (Phi) is 2.30. The van der Waals surface area contributed by atoms with E-state index in [4.69, 9.17) is 0 Å². The summed E-state index contributed by atoms with van der Waals surface area (Å²) in [5.74, 6) is 0. The van der Waals surface area contributed by atoms with E-state index in [1.165, 1.54) is 0 Å². The minimum atomic E-state index is -0.700. The molecule has 1 nitrogen and oxygen atoms in total. The fraction of sp³-hybridized carbons (Fsp3) is 1.00. The second-order valence-corrected chi connectivity index (χ2v) is 2.51. The summed E-state index contributed by atoms with van der Waals surface area (Å²) in [5.41, 5.74) is -0.700. The van der Waals surface area contributed by atoms with Gasteiger partial charge in [-0.15, -0.1) is 0 Å². The van der Waals surface area contributed by atoms with Crippen LogP contribution in [0.1, 0.15) is 33.6 Å². The molecule has 0 unspecified atom stereocenters. The molecule has 0 rings (SSSR count). The Labute approximate surface area is 45.4 Å². The van der Waals surface area contributed by atoms with Crippen molar-refractivity contribution in [3.05, 3.63) is 0 Å². The molecule has 0 aromatic rings. The van der Waals surface area contributed by atoms with Gasteiger partial charge >= 0.3 is 0 Å². The zero-order valence-electron chi connectivity index (χ0n) is 5.32. The van der Waals surface area contributed by atoms with Crippen molar-refractivity contribution < 1.29 is 5.11 Å². The first-order chi connectivity index (χ1) is 3.06. The smallest absolute Gasteiger partial charge is 0.0980 e. The van der Waals surface area contributed by atoms with E-state index in [9.17, 15) is 5.11 Å². The molecule has 1 radical (unpaired) electrons. The molecular formula is C6H13O. The zero-order chi connectivity index (χ0) is 5.91. The number of hydrogen-bond donors (Lipinski definition) is 0. The molecule has 0 heterocycles. The first kappa shape index (κ1) is 6.96. The van der Waals surface area contributed by atoms with Gasteiger partial charge in [0.1, 0.15) is 0 Å². The number of hydrogen-bond acceptors (Lipinski definition) is 0. The van der Waals surface area contributed by atoms with Crippen LogP contribution in [0.5, 0.6) is 0 Å². The van der Waals surface area contributed by atoms with Crippen LogP contribution in [0.3, 0.4) is 0 Å². The lowest BCUT2D eigenvalue weighted by atomic mass is 10.0. The van der Waals surface area contributed by atoms with Crippen molar-refractivity contribution >= 4 is 0 Å². The highest BCUT2D eigenvalue weighted by Crippen LogP contribution is 2.09. The summed E-state index contributed by atoms with van der Waals surface area (Å²) in [7, 11) is 0. The summed E-state index contributed by atoms with van der Waals surface area (Å²) in [6.45, 7) is 5.46. The Balaban J connectivity index is 3.15. The summed E-state index contributed by atoms with van der Waals surface area (Å²) < 4.78 is 0. The Bertz CT molecular complexity index is 42.6. The maximum absolute atomic E-state index is 10.7. The second kappa shape index (κ2) is 2.31. The Morgan fingerprint density at radius 2 is 1.86 bits per heavy atom. The van der Waals surface area contributed by atoms with Crippen LogP contribution in [0.25, 0.3) is 0 Å². The lowest BCUT2D eigenvalue weighted by Gasteiger charge is -2.10. The molecule has 43 valence electrons. The minimum absolute atomic E-state index is 0.700. The summed E-state index contributed by atoms with van der Waals surface area (Å²) in [6, 6.07) is 0. The highest BCUT2D eigenvalue weighted by atomic mass is 16.3. The van der Waals surface area contributed by atoms with Crippen LogP contribution in [0.2, 0.25) is 0 Å². The third-order valence-corrected chi connectivity index (χ3v) is 0.852. The predicted molar refractivity (Wildman–Crippen MR) is 29.7 cm³/mol. The van der Waals surface area contributed by atoms with Crippen molar-refractivity contribution in [2.75, 3.05) is 0 Å². The van der Waals surface area contributed by atoms with Crippen LogP contribution in [0, 0.1) is 0 Å². The molecule has 0 saturated heterocycles. The molecule has 0 fully saturated rings. The van der Waals surface area contributed by atoms with Crippen molar-refractivity contribution in [2.45, 2.75) is 39.2 Å². The standard InChI is InChI=1S/C6H13O/c1-4-5-6(2,3)7/h4-5H2,1-3H3. The monoisotopic (exact) mass is 101 g/mol. The normalized spacial score (nSPS) is 12.0. The quantitative estimate of drug-likeness (QED) is 0.507. The summed E-state index contributed by atoms with van der Waals surface area (Å²) in [5, 5.41) is 10.7. The third kappa shape index (κ3) is 5.96. The molecule has 0 atom stereocenters. The second-order valence-electron chi connectivity index (χ2n) is 2.51. The van der Waals surface area contributed by atoms with Gasteiger partial charge in [-0.3, -0.25) is 0 Å². The van der Waals surface area contributed by atoms with E-state index in [0.717, 1.165) is 12.8 Å². The van der Waals surface area contributed by atoms with Crippen molar-refractivity contribution in [3.8, 4) is 0 Å². The Morgan fingerprint density at radius 1 is 1.43 bits per heavy atom. The largest absolute Gasteiger partial charge is 0.230 e. The maximum Gasteiger partial charge on any atom is 0.0980 e. The Morgan fingerprint density at radius 3 is 1.86 bits per heavy atom. The van der Waals surface area contributed by atoms with Gasteiger partial charge in [-0.05, 0) is 20.3 Å². The molecule has 0 bridgehead atoms. The van der Waals surface area contributed by atoms with Crippen LogP contribution >= 0.6 is 0 Å². The SMILES string of the molecule is CCCC(C)(C)[O]. The van der Waals surface area contributed by atoms with Crippen molar-refractivity contribution in [1.82, 2.24) is 0 Å². The average Bonchev–Trinajstić information content (AvgIpc) is 1.30. The molecule has 0 aliphatic heterocycles. The van der Waals surface area contributed by atoms with E-state index in [1.807, 2.05) is 6.92 Å².